The number of halogens is 3. The molecule has 2 aromatic carbocycles. The second kappa shape index (κ2) is 10.8. The number of sulfonamides is 1. The molecule has 2 aliphatic rings. The Labute approximate surface area is 210 Å². The molecule has 1 atom stereocenters. The van der Waals surface area contributed by atoms with Gasteiger partial charge in [0.25, 0.3) is 10.0 Å². The van der Waals surface area contributed by atoms with Gasteiger partial charge in [-0.1, -0.05) is 57.2 Å². The normalized spacial score (nSPS) is 17.6. The molecule has 0 saturated heterocycles. The number of nitrogens with one attached hydrogen (secondary N) is 2. The lowest BCUT2D eigenvalue weighted by Crippen LogP contribution is -2.40. The summed E-state index contributed by atoms with van der Waals surface area (Å²) < 4.78 is 67.5. The van der Waals surface area contributed by atoms with Gasteiger partial charge in [-0.05, 0) is 60.2 Å². The zero-order chi connectivity index (χ0) is 25.9. The molecular weight excluding hydrogens is 491 g/mol. The molecule has 1 amide bonds. The summed E-state index contributed by atoms with van der Waals surface area (Å²) >= 11 is 0. The minimum atomic E-state index is -4.99. The molecule has 4 rings (SSSR count). The third-order valence-corrected chi connectivity index (χ3v) is 8.61. The van der Waals surface area contributed by atoms with Gasteiger partial charge >= 0.3 is 12.1 Å². The summed E-state index contributed by atoms with van der Waals surface area (Å²) in [7, 11) is -3.99. The van der Waals surface area contributed by atoms with Crippen LogP contribution < -0.4 is 14.9 Å². The van der Waals surface area contributed by atoms with Gasteiger partial charge in [0.05, 0.1) is 10.6 Å². The van der Waals surface area contributed by atoms with Crippen molar-refractivity contribution in [1.82, 2.24) is 5.32 Å². The molecule has 36 heavy (non-hydrogen) atoms. The number of hydrogen-bond donors (Lipinski definition) is 2. The fourth-order valence-corrected chi connectivity index (χ4v) is 6.34. The summed E-state index contributed by atoms with van der Waals surface area (Å²) in [5.74, 6) is -0.680. The molecule has 196 valence electrons. The van der Waals surface area contributed by atoms with Crippen LogP contribution in [0.25, 0.3) is 0 Å². The number of carbonyl (C=O) groups excluding carboxylic acids is 1. The summed E-state index contributed by atoms with van der Waals surface area (Å²) in [6.45, 7) is 3.48. The highest BCUT2D eigenvalue weighted by atomic mass is 32.2. The molecule has 10 heteroatoms. The van der Waals surface area contributed by atoms with E-state index in [1.54, 1.807) is 12.1 Å². The zero-order valence-electron chi connectivity index (χ0n) is 20.3. The van der Waals surface area contributed by atoms with Crippen molar-refractivity contribution < 1.29 is 26.4 Å². The number of amides is 1. The van der Waals surface area contributed by atoms with E-state index >= 15 is 0 Å². The van der Waals surface area contributed by atoms with E-state index in [1.165, 1.54) is 50.3 Å². The highest BCUT2D eigenvalue weighted by Crippen LogP contribution is 2.34. The highest BCUT2D eigenvalue weighted by Gasteiger charge is 2.44. The van der Waals surface area contributed by atoms with Gasteiger partial charge in [0, 0.05) is 18.8 Å². The van der Waals surface area contributed by atoms with Gasteiger partial charge in [-0.25, -0.2) is 8.42 Å². The first-order valence-electron chi connectivity index (χ1n) is 12.4. The topological polar surface area (TPSA) is 78.5 Å². The largest absolute Gasteiger partial charge is 0.471 e. The van der Waals surface area contributed by atoms with Crippen LogP contribution >= 0.6 is 0 Å². The fraction of sp³-hybridized carbons (Fsp3) is 0.500. The molecule has 1 heterocycles. The van der Waals surface area contributed by atoms with Gasteiger partial charge in [0.2, 0.25) is 0 Å². The van der Waals surface area contributed by atoms with Gasteiger partial charge in [0.1, 0.15) is 0 Å². The van der Waals surface area contributed by atoms with E-state index in [4.69, 9.17) is 0 Å². The molecule has 6 nitrogen and oxygen atoms in total. The average molecular weight is 524 g/mol. The molecule has 0 bridgehead atoms. The first kappa shape index (κ1) is 26.5. The molecule has 2 aromatic rings. The standard InChI is InChI=1S/C26H32F3N3O3S/c1-18(19-7-3-2-4-8-19)16-30-17-21-9-5-6-10-23(21)31-36(34,35)22-11-12-24-20(15-22)13-14-32(24)25(33)26(27,28)29/h5-6,9-12,15,18-19,30-31H,2-4,7-8,13-14,16-17H2,1H3. The van der Waals surface area contributed by atoms with Crippen molar-refractivity contribution >= 4 is 27.3 Å². The number of anilines is 2. The number of benzene rings is 2. The van der Waals surface area contributed by atoms with Gasteiger partial charge in [-0.3, -0.25) is 9.52 Å². The third kappa shape index (κ3) is 6.03. The van der Waals surface area contributed by atoms with Gasteiger partial charge in [0.15, 0.2) is 0 Å². The molecule has 1 aliphatic heterocycles. The maximum atomic E-state index is 13.1. The predicted molar refractivity (Wildman–Crippen MR) is 133 cm³/mol. The molecule has 1 saturated carbocycles. The van der Waals surface area contributed by atoms with Crippen molar-refractivity contribution in [3.63, 3.8) is 0 Å². The molecular formula is C26H32F3N3O3S. The highest BCUT2D eigenvalue weighted by molar-refractivity contribution is 7.92. The molecule has 0 spiro atoms. The van der Waals surface area contributed by atoms with E-state index in [1.807, 2.05) is 12.1 Å². The second-order valence-electron chi connectivity index (χ2n) is 9.76. The summed E-state index contributed by atoms with van der Waals surface area (Å²) in [6.07, 6.45) is 1.60. The van der Waals surface area contributed by atoms with Crippen LogP contribution in [0.1, 0.15) is 50.2 Å². The lowest BCUT2D eigenvalue weighted by Gasteiger charge is -2.28. The van der Waals surface area contributed by atoms with Crippen LogP contribution in [0.2, 0.25) is 0 Å². The van der Waals surface area contributed by atoms with E-state index in [0.29, 0.717) is 28.6 Å². The first-order chi connectivity index (χ1) is 17.1. The molecule has 1 unspecified atom stereocenters. The Hall–Kier alpha value is -2.59. The zero-order valence-corrected chi connectivity index (χ0v) is 21.1. The molecule has 0 radical (unpaired) electrons. The van der Waals surface area contributed by atoms with Gasteiger partial charge < -0.3 is 10.2 Å². The summed E-state index contributed by atoms with van der Waals surface area (Å²) in [6, 6.07) is 11.0. The number of hydrogen-bond acceptors (Lipinski definition) is 4. The van der Waals surface area contributed by atoms with Crippen molar-refractivity contribution in [3.05, 3.63) is 53.6 Å². The average Bonchev–Trinajstić information content (AvgIpc) is 3.27. The molecule has 0 aromatic heterocycles. The van der Waals surface area contributed by atoms with E-state index in [2.05, 4.69) is 17.0 Å². The predicted octanol–water partition coefficient (Wildman–Crippen LogP) is 5.24. The lowest BCUT2D eigenvalue weighted by atomic mass is 9.81. The van der Waals surface area contributed by atoms with Crippen molar-refractivity contribution in [2.75, 3.05) is 22.7 Å². The number of para-hydroxylation sites is 1. The summed E-state index contributed by atoms with van der Waals surface area (Å²) in [5.41, 5.74) is 1.74. The van der Waals surface area contributed by atoms with E-state index in [9.17, 15) is 26.4 Å². The minimum Gasteiger partial charge on any atom is -0.312 e. The number of rotatable bonds is 8. The van der Waals surface area contributed by atoms with E-state index < -0.39 is 22.1 Å². The minimum absolute atomic E-state index is 0.0590. The van der Waals surface area contributed by atoms with Crippen molar-refractivity contribution in [3.8, 4) is 0 Å². The van der Waals surface area contributed by atoms with Crippen LogP contribution in [-0.4, -0.2) is 33.6 Å². The lowest BCUT2D eigenvalue weighted by molar-refractivity contribution is -0.170. The number of alkyl halides is 3. The van der Waals surface area contributed by atoms with E-state index in [-0.39, 0.29) is 23.5 Å². The maximum Gasteiger partial charge on any atom is 0.471 e. The smallest absolute Gasteiger partial charge is 0.312 e. The van der Waals surface area contributed by atoms with Crippen LogP contribution in [-0.2, 0) is 27.8 Å². The molecule has 2 N–H and O–H groups in total. The number of carbonyl (C=O) groups is 1. The Kier molecular flexibility index (Phi) is 7.94. The first-order valence-corrected chi connectivity index (χ1v) is 13.9. The SMILES string of the molecule is CC(CNCc1ccccc1NS(=O)(=O)c1ccc2c(c1)CCN2C(=O)C(F)(F)F)C1CCCCC1. The summed E-state index contributed by atoms with van der Waals surface area (Å²) in [4.78, 5) is 12.3. The monoisotopic (exact) mass is 523 g/mol. The summed E-state index contributed by atoms with van der Waals surface area (Å²) in [5, 5.41) is 3.46. The van der Waals surface area contributed by atoms with Crippen molar-refractivity contribution in [2.24, 2.45) is 11.8 Å². The van der Waals surface area contributed by atoms with Crippen LogP contribution in [0.3, 0.4) is 0 Å². The Morgan fingerprint density at radius 2 is 1.83 bits per heavy atom. The Balaban J connectivity index is 1.43. The van der Waals surface area contributed by atoms with Crippen LogP contribution in [0, 0.1) is 11.8 Å². The second-order valence-corrected chi connectivity index (χ2v) is 11.4. The van der Waals surface area contributed by atoms with Gasteiger partial charge in [-0.15, -0.1) is 0 Å². The Morgan fingerprint density at radius 1 is 1.11 bits per heavy atom. The number of fused-ring (bicyclic) bond motifs is 1. The van der Waals surface area contributed by atoms with Crippen LogP contribution in [0.4, 0.5) is 24.5 Å². The Bertz CT molecular complexity index is 1190. The van der Waals surface area contributed by atoms with E-state index in [0.717, 1.165) is 18.0 Å². The Morgan fingerprint density at radius 3 is 2.56 bits per heavy atom. The quantitative estimate of drug-likeness (QED) is 0.496. The van der Waals surface area contributed by atoms with Crippen molar-refractivity contribution in [2.45, 2.75) is 63.1 Å². The number of nitrogens with zero attached hydrogens (tertiary/aromatic N) is 1. The maximum absolute atomic E-state index is 13.1. The van der Waals surface area contributed by atoms with Crippen molar-refractivity contribution in [1.29, 1.82) is 0 Å². The molecule has 1 fully saturated rings. The fourth-order valence-electron chi connectivity index (χ4n) is 5.19. The van der Waals surface area contributed by atoms with Crippen LogP contribution in [0.15, 0.2) is 47.4 Å². The molecule has 1 aliphatic carbocycles. The third-order valence-electron chi connectivity index (χ3n) is 7.24. The van der Waals surface area contributed by atoms with Gasteiger partial charge in [-0.2, -0.15) is 13.2 Å². The van der Waals surface area contributed by atoms with Crippen LogP contribution in [0.5, 0.6) is 0 Å².